The number of aliphatic hydroxyl groups excluding tert-OH is 1. The standard InChI is InChI=1S/C20H24O2Si/c1-14(2)18(21)20-19-17(22-19)13-23(20,15-9-5-3-6-10-15)16-11-7-4-8-12-16/h3-12,14,17-21H,13H2,1-2H3/t17-,18-,19-,20-/m1/s1. The largest absolute Gasteiger partial charge is 0.393 e. The van der Waals surface area contributed by atoms with E-state index in [1.807, 2.05) is 0 Å². The molecule has 2 aromatic carbocycles. The lowest BCUT2D eigenvalue weighted by atomic mass is 10.0. The maximum Gasteiger partial charge on any atom is 0.128 e. The SMILES string of the molecule is CC(C)[C@@H](O)[C@@H]1[C@@H]2O[C@@H]2C[Si]1(c1ccccc1)c1ccccc1. The Morgan fingerprint density at radius 2 is 1.48 bits per heavy atom. The van der Waals surface area contributed by atoms with Crippen LogP contribution in [-0.4, -0.2) is 31.5 Å². The van der Waals surface area contributed by atoms with Gasteiger partial charge in [-0.3, -0.25) is 0 Å². The van der Waals surface area contributed by atoms with Crippen LogP contribution in [0.2, 0.25) is 11.6 Å². The quantitative estimate of drug-likeness (QED) is 0.692. The van der Waals surface area contributed by atoms with Crippen LogP contribution in [0.3, 0.4) is 0 Å². The zero-order valence-corrected chi connectivity index (χ0v) is 14.7. The average molecular weight is 324 g/mol. The van der Waals surface area contributed by atoms with Gasteiger partial charge in [0.15, 0.2) is 0 Å². The maximum absolute atomic E-state index is 11.0. The van der Waals surface area contributed by atoms with Crippen LogP contribution in [-0.2, 0) is 4.74 Å². The van der Waals surface area contributed by atoms with Crippen LogP contribution in [0.5, 0.6) is 0 Å². The molecule has 120 valence electrons. The zero-order chi connectivity index (χ0) is 16.0. The minimum atomic E-state index is -2.03. The maximum atomic E-state index is 11.0. The summed E-state index contributed by atoms with van der Waals surface area (Å²) in [6.45, 7) is 4.24. The predicted molar refractivity (Wildman–Crippen MR) is 96.0 cm³/mol. The Balaban J connectivity index is 1.89. The van der Waals surface area contributed by atoms with Gasteiger partial charge in [-0.2, -0.15) is 0 Å². The van der Waals surface area contributed by atoms with Crippen molar-refractivity contribution in [3.05, 3.63) is 60.7 Å². The molecular formula is C20H24O2Si. The molecule has 2 nitrogen and oxygen atoms in total. The zero-order valence-electron chi connectivity index (χ0n) is 13.7. The predicted octanol–water partition coefficient (Wildman–Crippen LogP) is 2.42. The van der Waals surface area contributed by atoms with Gasteiger partial charge in [-0.25, -0.2) is 0 Å². The van der Waals surface area contributed by atoms with Gasteiger partial charge in [0.25, 0.3) is 0 Å². The molecule has 0 saturated carbocycles. The summed E-state index contributed by atoms with van der Waals surface area (Å²) in [7, 11) is -2.03. The third kappa shape index (κ3) is 2.30. The number of benzene rings is 2. The van der Waals surface area contributed by atoms with Gasteiger partial charge in [-0.15, -0.1) is 0 Å². The van der Waals surface area contributed by atoms with Gasteiger partial charge in [0.05, 0.1) is 18.3 Å². The molecule has 4 atom stereocenters. The van der Waals surface area contributed by atoms with Crippen LogP contribution in [0, 0.1) is 5.92 Å². The summed E-state index contributed by atoms with van der Waals surface area (Å²) in [6.07, 6.45) is 0.291. The topological polar surface area (TPSA) is 32.8 Å². The Morgan fingerprint density at radius 1 is 0.957 bits per heavy atom. The summed E-state index contributed by atoms with van der Waals surface area (Å²) in [5.41, 5.74) is 0.247. The Bertz CT molecular complexity index is 631. The van der Waals surface area contributed by atoms with E-state index in [0.29, 0.717) is 6.10 Å². The Labute approximate surface area is 139 Å². The second kappa shape index (κ2) is 5.59. The molecule has 2 aliphatic rings. The highest BCUT2D eigenvalue weighted by Crippen LogP contribution is 2.54. The molecule has 3 heteroatoms. The summed E-state index contributed by atoms with van der Waals surface area (Å²) >= 11 is 0. The molecule has 0 aromatic heterocycles. The number of hydrogen-bond acceptors (Lipinski definition) is 2. The van der Waals surface area contributed by atoms with Crippen molar-refractivity contribution < 1.29 is 9.84 Å². The van der Waals surface area contributed by atoms with E-state index < -0.39 is 8.07 Å². The monoisotopic (exact) mass is 324 g/mol. The molecule has 4 rings (SSSR count). The molecule has 2 aliphatic heterocycles. The number of rotatable bonds is 4. The van der Waals surface area contributed by atoms with Crippen LogP contribution in [0.15, 0.2) is 60.7 Å². The molecule has 0 spiro atoms. The highest BCUT2D eigenvalue weighted by molar-refractivity contribution is 7.04. The van der Waals surface area contributed by atoms with Crippen LogP contribution in [0.4, 0.5) is 0 Å². The number of fused-ring (bicyclic) bond motifs is 1. The summed E-state index contributed by atoms with van der Waals surface area (Å²) < 4.78 is 5.91. The molecule has 0 aliphatic carbocycles. The van der Waals surface area contributed by atoms with Crippen LogP contribution in [0.25, 0.3) is 0 Å². The van der Waals surface area contributed by atoms with Gasteiger partial charge in [-0.1, -0.05) is 84.9 Å². The van der Waals surface area contributed by atoms with E-state index in [4.69, 9.17) is 4.74 Å². The van der Waals surface area contributed by atoms with Crippen LogP contribution in [0.1, 0.15) is 13.8 Å². The van der Waals surface area contributed by atoms with E-state index in [1.165, 1.54) is 10.4 Å². The lowest BCUT2D eigenvalue weighted by Crippen LogP contribution is -2.63. The number of epoxide rings is 1. The first-order valence-electron chi connectivity index (χ1n) is 8.59. The molecule has 0 radical (unpaired) electrons. The fraction of sp³-hybridized carbons (Fsp3) is 0.400. The average Bonchev–Trinajstić information content (AvgIpc) is 3.26. The van der Waals surface area contributed by atoms with Crippen molar-refractivity contribution in [3.8, 4) is 0 Å². The van der Waals surface area contributed by atoms with Crippen molar-refractivity contribution >= 4 is 18.4 Å². The van der Waals surface area contributed by atoms with Crippen LogP contribution >= 0.6 is 0 Å². The molecule has 2 fully saturated rings. The van der Waals surface area contributed by atoms with Crippen LogP contribution < -0.4 is 10.4 Å². The summed E-state index contributed by atoms with van der Waals surface area (Å²) in [5.74, 6) is 0.252. The van der Waals surface area contributed by atoms with Crippen molar-refractivity contribution in [1.82, 2.24) is 0 Å². The van der Waals surface area contributed by atoms with Crippen molar-refractivity contribution in [1.29, 1.82) is 0 Å². The molecule has 0 bridgehead atoms. The number of aliphatic hydroxyl groups is 1. The highest BCUT2D eigenvalue weighted by atomic mass is 28.3. The van der Waals surface area contributed by atoms with Crippen molar-refractivity contribution in [2.75, 3.05) is 0 Å². The van der Waals surface area contributed by atoms with Crippen molar-refractivity contribution in [2.45, 2.75) is 43.7 Å². The van der Waals surface area contributed by atoms with Gasteiger partial charge >= 0.3 is 0 Å². The second-order valence-electron chi connectivity index (χ2n) is 7.31. The normalized spacial score (nSPS) is 29.3. The molecule has 2 saturated heterocycles. The van der Waals surface area contributed by atoms with E-state index in [2.05, 4.69) is 74.5 Å². The van der Waals surface area contributed by atoms with Gasteiger partial charge in [-0.05, 0) is 12.0 Å². The fourth-order valence-electron chi connectivity index (χ4n) is 4.53. The summed E-state index contributed by atoms with van der Waals surface area (Å²) in [5, 5.41) is 13.9. The molecule has 0 amide bonds. The molecular weight excluding hydrogens is 300 g/mol. The highest BCUT2D eigenvalue weighted by Gasteiger charge is 2.67. The third-order valence-corrected chi connectivity index (χ3v) is 11.3. The molecule has 2 heterocycles. The third-order valence-electron chi connectivity index (χ3n) is 5.70. The number of hydrogen-bond donors (Lipinski definition) is 1. The lowest BCUT2D eigenvalue weighted by molar-refractivity contribution is 0.104. The molecule has 2 aromatic rings. The summed E-state index contributed by atoms with van der Waals surface area (Å²) in [6, 6.07) is 22.9. The minimum absolute atomic E-state index is 0.247. The van der Waals surface area contributed by atoms with E-state index in [9.17, 15) is 5.11 Å². The smallest absolute Gasteiger partial charge is 0.128 e. The lowest BCUT2D eigenvalue weighted by Gasteiger charge is -2.40. The molecule has 0 unspecified atom stereocenters. The van der Waals surface area contributed by atoms with Crippen molar-refractivity contribution in [2.24, 2.45) is 5.92 Å². The first-order valence-corrected chi connectivity index (χ1v) is 10.9. The Kier molecular flexibility index (Phi) is 3.67. The first kappa shape index (κ1) is 15.1. The van der Waals surface area contributed by atoms with E-state index >= 15 is 0 Å². The van der Waals surface area contributed by atoms with Gasteiger partial charge in [0.1, 0.15) is 8.07 Å². The van der Waals surface area contributed by atoms with Gasteiger partial charge in [0.2, 0.25) is 0 Å². The van der Waals surface area contributed by atoms with Gasteiger partial charge in [0, 0.05) is 5.54 Å². The Morgan fingerprint density at radius 3 is 1.96 bits per heavy atom. The van der Waals surface area contributed by atoms with Gasteiger partial charge < -0.3 is 9.84 Å². The van der Waals surface area contributed by atoms with Crippen molar-refractivity contribution in [3.63, 3.8) is 0 Å². The number of ether oxygens (including phenoxy) is 1. The minimum Gasteiger partial charge on any atom is -0.393 e. The fourth-order valence-corrected chi connectivity index (χ4v) is 10.7. The molecule has 1 N–H and O–H groups in total. The van der Waals surface area contributed by atoms with E-state index in [-0.39, 0.29) is 23.7 Å². The van der Waals surface area contributed by atoms with E-state index in [0.717, 1.165) is 6.04 Å². The summed E-state index contributed by atoms with van der Waals surface area (Å²) in [4.78, 5) is 0. The second-order valence-corrected chi connectivity index (χ2v) is 11.5. The Hall–Kier alpha value is -1.42. The first-order chi connectivity index (χ1) is 11.1. The molecule has 23 heavy (non-hydrogen) atoms. The van der Waals surface area contributed by atoms with E-state index in [1.54, 1.807) is 0 Å².